The number of methoxy groups -OCH3 is 1. The van der Waals surface area contributed by atoms with Crippen LogP contribution in [0, 0.1) is 0 Å². The van der Waals surface area contributed by atoms with E-state index >= 15 is 0 Å². The Kier molecular flexibility index (Phi) is 3.70. The number of phenolic OH excluding ortho intramolecular Hbond substituents is 1. The average molecular weight is 297 g/mol. The van der Waals surface area contributed by atoms with Gasteiger partial charge in [-0.3, -0.25) is 4.79 Å². The zero-order valence-corrected chi connectivity index (χ0v) is 12.0. The van der Waals surface area contributed by atoms with E-state index in [4.69, 9.17) is 9.15 Å². The molecule has 0 aliphatic heterocycles. The lowest BCUT2D eigenvalue weighted by Gasteiger charge is -2.12. The second-order valence-electron chi connectivity index (χ2n) is 4.80. The van der Waals surface area contributed by atoms with Gasteiger partial charge in [0.15, 0.2) is 0 Å². The van der Waals surface area contributed by atoms with Crippen molar-refractivity contribution in [3.05, 3.63) is 59.9 Å². The third kappa shape index (κ3) is 2.48. The summed E-state index contributed by atoms with van der Waals surface area (Å²) < 4.78 is 10.5. The van der Waals surface area contributed by atoms with Gasteiger partial charge in [-0.15, -0.1) is 0 Å². The van der Waals surface area contributed by atoms with Crippen LogP contribution in [0.15, 0.2) is 53.1 Å². The van der Waals surface area contributed by atoms with Gasteiger partial charge in [-0.05, 0) is 11.6 Å². The van der Waals surface area contributed by atoms with E-state index in [0.29, 0.717) is 23.3 Å². The number of amides is 1. The molecule has 0 bridgehead atoms. The molecule has 1 heterocycles. The van der Waals surface area contributed by atoms with E-state index in [1.165, 1.54) is 19.4 Å². The number of aromatic hydroxyl groups is 1. The third-order valence-corrected chi connectivity index (χ3v) is 3.42. The highest BCUT2D eigenvalue weighted by Gasteiger charge is 2.21. The molecule has 0 atom stereocenters. The number of fused-ring (bicyclic) bond motifs is 1. The molecule has 2 aromatic carbocycles. The summed E-state index contributed by atoms with van der Waals surface area (Å²) in [6.07, 6.45) is 1.48. The van der Waals surface area contributed by atoms with Crippen LogP contribution in [-0.4, -0.2) is 18.1 Å². The number of carbonyl (C=O) groups is 1. The molecule has 0 aliphatic rings. The van der Waals surface area contributed by atoms with Crippen molar-refractivity contribution in [2.45, 2.75) is 6.54 Å². The van der Waals surface area contributed by atoms with Crippen LogP contribution in [0.2, 0.25) is 0 Å². The molecular formula is C17H15NO4. The highest BCUT2D eigenvalue weighted by Crippen LogP contribution is 2.36. The molecule has 0 unspecified atom stereocenters. The van der Waals surface area contributed by atoms with Crippen molar-refractivity contribution in [3.63, 3.8) is 0 Å². The quantitative estimate of drug-likeness (QED) is 0.776. The number of benzene rings is 2. The van der Waals surface area contributed by atoms with E-state index in [0.717, 1.165) is 5.56 Å². The van der Waals surface area contributed by atoms with E-state index in [-0.39, 0.29) is 11.3 Å². The molecule has 1 amide bonds. The zero-order chi connectivity index (χ0) is 15.5. The summed E-state index contributed by atoms with van der Waals surface area (Å²) in [7, 11) is 1.45. The van der Waals surface area contributed by atoms with E-state index in [1.54, 1.807) is 6.07 Å². The van der Waals surface area contributed by atoms with Crippen molar-refractivity contribution >= 4 is 16.9 Å². The first kappa shape index (κ1) is 14.0. The summed E-state index contributed by atoms with van der Waals surface area (Å²) >= 11 is 0. The van der Waals surface area contributed by atoms with Crippen molar-refractivity contribution in [1.82, 2.24) is 5.32 Å². The molecular weight excluding hydrogens is 282 g/mol. The Labute approximate surface area is 127 Å². The highest BCUT2D eigenvalue weighted by molar-refractivity contribution is 6.05. The summed E-state index contributed by atoms with van der Waals surface area (Å²) in [6, 6.07) is 12.6. The molecule has 0 saturated heterocycles. The number of hydrogen-bond donors (Lipinski definition) is 2. The minimum atomic E-state index is -0.402. The molecule has 0 saturated carbocycles. The summed E-state index contributed by atoms with van der Waals surface area (Å²) in [6.45, 7) is 0.367. The minimum Gasteiger partial charge on any atom is -0.507 e. The van der Waals surface area contributed by atoms with Gasteiger partial charge in [-0.2, -0.15) is 0 Å². The second kappa shape index (κ2) is 5.81. The average Bonchev–Trinajstić information content (AvgIpc) is 3.00. The summed E-state index contributed by atoms with van der Waals surface area (Å²) in [5, 5.41) is 13.5. The van der Waals surface area contributed by atoms with E-state index < -0.39 is 5.91 Å². The van der Waals surface area contributed by atoms with Crippen LogP contribution in [0.3, 0.4) is 0 Å². The lowest BCUT2D eigenvalue weighted by Crippen LogP contribution is -2.23. The van der Waals surface area contributed by atoms with Crippen LogP contribution in [0.4, 0.5) is 0 Å². The van der Waals surface area contributed by atoms with Gasteiger partial charge in [-0.25, -0.2) is 0 Å². The van der Waals surface area contributed by atoms with Crippen molar-refractivity contribution in [2.75, 3.05) is 7.11 Å². The first-order valence-electron chi connectivity index (χ1n) is 6.80. The fourth-order valence-electron chi connectivity index (χ4n) is 2.37. The number of phenols is 1. The number of ether oxygens (including phenoxy) is 1. The van der Waals surface area contributed by atoms with Gasteiger partial charge in [0, 0.05) is 12.6 Å². The number of hydrogen-bond acceptors (Lipinski definition) is 4. The molecule has 0 aliphatic carbocycles. The molecule has 0 fully saturated rings. The van der Waals surface area contributed by atoms with Crippen LogP contribution in [-0.2, 0) is 6.54 Å². The Bertz CT molecular complexity index is 808. The fraction of sp³-hybridized carbons (Fsp3) is 0.118. The Balaban J connectivity index is 1.91. The highest BCUT2D eigenvalue weighted by atomic mass is 16.5. The maximum Gasteiger partial charge on any atom is 0.259 e. The number of rotatable bonds is 4. The van der Waals surface area contributed by atoms with Crippen LogP contribution in [0.25, 0.3) is 11.0 Å². The van der Waals surface area contributed by atoms with E-state index in [9.17, 15) is 9.90 Å². The molecule has 22 heavy (non-hydrogen) atoms. The van der Waals surface area contributed by atoms with Gasteiger partial charge < -0.3 is 19.6 Å². The largest absolute Gasteiger partial charge is 0.507 e. The van der Waals surface area contributed by atoms with Crippen LogP contribution < -0.4 is 10.1 Å². The molecule has 5 nitrogen and oxygen atoms in total. The fourth-order valence-corrected chi connectivity index (χ4v) is 2.37. The zero-order valence-electron chi connectivity index (χ0n) is 12.0. The lowest BCUT2D eigenvalue weighted by atomic mass is 10.1. The molecule has 1 aromatic heterocycles. The van der Waals surface area contributed by atoms with Crippen LogP contribution >= 0.6 is 0 Å². The topological polar surface area (TPSA) is 71.7 Å². The number of nitrogens with one attached hydrogen (secondary N) is 1. The van der Waals surface area contributed by atoms with Gasteiger partial charge in [-0.1, -0.05) is 30.3 Å². The summed E-state index contributed by atoms with van der Waals surface area (Å²) in [5.41, 5.74) is 1.54. The van der Waals surface area contributed by atoms with Crippen molar-refractivity contribution in [2.24, 2.45) is 0 Å². The van der Waals surface area contributed by atoms with Gasteiger partial charge in [0.25, 0.3) is 5.91 Å². The Hall–Kier alpha value is -2.95. The van der Waals surface area contributed by atoms with E-state index in [2.05, 4.69) is 5.32 Å². The maximum atomic E-state index is 12.4. The first-order valence-corrected chi connectivity index (χ1v) is 6.80. The normalized spacial score (nSPS) is 10.6. The molecule has 2 N–H and O–H groups in total. The molecule has 3 rings (SSSR count). The predicted molar refractivity (Wildman–Crippen MR) is 82.0 cm³/mol. The van der Waals surface area contributed by atoms with Gasteiger partial charge in [0.05, 0.1) is 18.8 Å². The van der Waals surface area contributed by atoms with Gasteiger partial charge >= 0.3 is 0 Å². The van der Waals surface area contributed by atoms with Crippen molar-refractivity contribution in [1.29, 1.82) is 0 Å². The summed E-state index contributed by atoms with van der Waals surface area (Å²) in [4.78, 5) is 12.4. The number of carbonyl (C=O) groups excluding carboxylic acids is 1. The first-order chi connectivity index (χ1) is 10.7. The molecule has 112 valence electrons. The van der Waals surface area contributed by atoms with Crippen LogP contribution in [0.1, 0.15) is 15.9 Å². The van der Waals surface area contributed by atoms with Gasteiger partial charge in [0.1, 0.15) is 22.6 Å². The van der Waals surface area contributed by atoms with E-state index in [1.807, 2.05) is 30.3 Å². The molecule has 5 heteroatoms. The van der Waals surface area contributed by atoms with Crippen molar-refractivity contribution < 1.29 is 19.1 Å². The smallest absolute Gasteiger partial charge is 0.259 e. The Morgan fingerprint density at radius 3 is 2.77 bits per heavy atom. The monoisotopic (exact) mass is 297 g/mol. The minimum absolute atomic E-state index is 0.104. The molecule has 0 radical (unpaired) electrons. The second-order valence-corrected chi connectivity index (χ2v) is 4.80. The molecule has 0 spiro atoms. The standard InChI is InChI=1S/C17H15NO4/c1-21-16-12-7-8-22-14(12)9-13(19)15(16)17(20)18-10-11-5-3-2-4-6-11/h2-9,19H,10H2,1H3,(H,18,20). The maximum absolute atomic E-state index is 12.4. The predicted octanol–water partition coefficient (Wildman–Crippen LogP) is 3.08. The third-order valence-electron chi connectivity index (χ3n) is 3.42. The van der Waals surface area contributed by atoms with Crippen molar-refractivity contribution in [3.8, 4) is 11.5 Å². The molecule has 3 aromatic rings. The summed E-state index contributed by atoms with van der Waals surface area (Å²) in [5.74, 6) is -0.277. The van der Waals surface area contributed by atoms with Crippen LogP contribution in [0.5, 0.6) is 11.5 Å². The van der Waals surface area contributed by atoms with Gasteiger partial charge in [0.2, 0.25) is 0 Å². The number of furan rings is 1. The Morgan fingerprint density at radius 2 is 2.05 bits per heavy atom. The SMILES string of the molecule is COc1c(C(=O)NCc2ccccc2)c(O)cc2occc12. The lowest BCUT2D eigenvalue weighted by molar-refractivity contribution is 0.0945. The Morgan fingerprint density at radius 1 is 1.27 bits per heavy atom.